The Bertz CT molecular complexity index is 600. The van der Waals surface area contributed by atoms with Gasteiger partial charge in [0.2, 0.25) is 11.1 Å². The fraction of sp³-hybridized carbons (Fsp3) is 0.750. The molecule has 3 rings (SSSR count). The number of thioether (sulfide) groups is 1. The number of carbonyl (C=O) groups excluding carboxylic acids is 1. The summed E-state index contributed by atoms with van der Waals surface area (Å²) in [5.41, 5.74) is -0.732. The van der Waals surface area contributed by atoms with Crippen molar-refractivity contribution in [2.45, 2.75) is 62.6 Å². The van der Waals surface area contributed by atoms with E-state index in [2.05, 4.69) is 26.6 Å². The molecular formula is C16H23N5OS. The fourth-order valence-electron chi connectivity index (χ4n) is 3.26. The Morgan fingerprint density at radius 2 is 2.17 bits per heavy atom. The molecular weight excluding hydrogens is 310 g/mol. The molecule has 2 saturated carbocycles. The van der Waals surface area contributed by atoms with Crippen LogP contribution in [0.3, 0.4) is 0 Å². The van der Waals surface area contributed by atoms with Crippen molar-refractivity contribution in [2.24, 2.45) is 11.8 Å². The average Bonchev–Trinajstić information content (AvgIpc) is 3.12. The number of aromatic amines is 1. The van der Waals surface area contributed by atoms with Crippen LogP contribution < -0.4 is 5.32 Å². The largest absolute Gasteiger partial charge is 0.337 e. The third kappa shape index (κ3) is 4.25. The smallest absolute Gasteiger partial charge is 0.231 e. The van der Waals surface area contributed by atoms with Crippen LogP contribution in [0, 0.1) is 23.2 Å². The first-order valence-corrected chi connectivity index (χ1v) is 9.34. The van der Waals surface area contributed by atoms with E-state index in [1.807, 2.05) is 0 Å². The lowest BCUT2D eigenvalue weighted by Gasteiger charge is -2.22. The summed E-state index contributed by atoms with van der Waals surface area (Å²) in [7, 11) is 0. The highest BCUT2D eigenvalue weighted by Crippen LogP contribution is 2.39. The van der Waals surface area contributed by atoms with Crippen molar-refractivity contribution in [3.8, 4) is 6.07 Å². The topological polar surface area (TPSA) is 94.5 Å². The molecule has 2 aliphatic rings. The van der Waals surface area contributed by atoms with Crippen LogP contribution in [0.5, 0.6) is 0 Å². The van der Waals surface area contributed by atoms with Crippen LogP contribution in [0.4, 0.5) is 0 Å². The van der Waals surface area contributed by atoms with Gasteiger partial charge in [-0.3, -0.25) is 9.89 Å². The quantitative estimate of drug-likeness (QED) is 0.747. The number of nitriles is 1. The van der Waals surface area contributed by atoms with Crippen LogP contribution in [0.15, 0.2) is 5.16 Å². The van der Waals surface area contributed by atoms with E-state index in [4.69, 9.17) is 0 Å². The minimum absolute atomic E-state index is 0.131. The molecule has 1 heterocycles. The van der Waals surface area contributed by atoms with Crippen molar-refractivity contribution in [2.75, 3.05) is 5.75 Å². The van der Waals surface area contributed by atoms with Crippen LogP contribution in [0.1, 0.15) is 51.3 Å². The third-order valence-corrected chi connectivity index (χ3v) is 5.67. The van der Waals surface area contributed by atoms with E-state index in [0.29, 0.717) is 11.1 Å². The number of rotatable bonds is 7. The summed E-state index contributed by atoms with van der Waals surface area (Å²) in [6, 6.07) is 2.24. The standard InChI is InChI=1S/C16H23N5OS/c1-16(10-17,12-6-7-12)19-14(22)9-23-15-18-13(20-21-15)8-11-4-2-3-5-11/h11-12H,2-9H2,1H3,(H,19,22)(H,18,20,21). The van der Waals surface area contributed by atoms with Crippen molar-refractivity contribution in [3.05, 3.63) is 5.82 Å². The molecule has 2 N–H and O–H groups in total. The predicted octanol–water partition coefficient (Wildman–Crippen LogP) is 2.44. The molecule has 7 heteroatoms. The Hall–Kier alpha value is -1.55. The van der Waals surface area contributed by atoms with Gasteiger partial charge in [-0.25, -0.2) is 4.98 Å². The summed E-state index contributed by atoms with van der Waals surface area (Å²) in [6.07, 6.45) is 8.18. The number of carbonyl (C=O) groups is 1. The van der Waals surface area contributed by atoms with Crippen molar-refractivity contribution in [3.63, 3.8) is 0 Å². The second kappa shape index (κ2) is 6.91. The lowest BCUT2D eigenvalue weighted by atomic mass is 9.98. The van der Waals surface area contributed by atoms with Crippen molar-refractivity contribution in [1.82, 2.24) is 20.5 Å². The Morgan fingerprint density at radius 1 is 1.43 bits per heavy atom. The summed E-state index contributed by atoms with van der Waals surface area (Å²) in [5, 5.41) is 19.9. The molecule has 1 atom stereocenters. The molecule has 2 aliphatic carbocycles. The minimum Gasteiger partial charge on any atom is -0.337 e. The molecule has 0 aromatic carbocycles. The van der Waals surface area contributed by atoms with Gasteiger partial charge in [0, 0.05) is 6.42 Å². The van der Waals surface area contributed by atoms with Gasteiger partial charge in [0.1, 0.15) is 11.4 Å². The van der Waals surface area contributed by atoms with Crippen molar-refractivity contribution < 1.29 is 4.79 Å². The highest BCUT2D eigenvalue weighted by Gasteiger charge is 2.42. The molecule has 1 unspecified atom stereocenters. The summed E-state index contributed by atoms with van der Waals surface area (Å²) >= 11 is 1.32. The number of amides is 1. The van der Waals surface area contributed by atoms with Crippen LogP contribution in [0.2, 0.25) is 0 Å². The second-order valence-electron chi connectivity index (χ2n) is 6.84. The molecule has 0 aliphatic heterocycles. The Balaban J connectivity index is 1.45. The fourth-order valence-corrected chi connectivity index (χ4v) is 3.88. The van der Waals surface area contributed by atoms with Crippen LogP contribution in [-0.4, -0.2) is 32.4 Å². The normalized spacial score (nSPS) is 20.9. The monoisotopic (exact) mass is 333 g/mol. The van der Waals surface area contributed by atoms with E-state index in [-0.39, 0.29) is 11.7 Å². The zero-order valence-electron chi connectivity index (χ0n) is 13.5. The number of H-pyrrole nitrogens is 1. The highest BCUT2D eigenvalue weighted by molar-refractivity contribution is 7.99. The SMILES string of the molecule is CC(C#N)(NC(=O)CSc1n[nH]c(CC2CCCC2)n1)C1CC1. The van der Waals surface area contributed by atoms with Crippen LogP contribution >= 0.6 is 11.8 Å². The Morgan fingerprint density at radius 3 is 2.83 bits per heavy atom. The average molecular weight is 333 g/mol. The maximum atomic E-state index is 12.1. The van der Waals surface area contributed by atoms with Gasteiger partial charge in [-0.05, 0) is 31.6 Å². The summed E-state index contributed by atoms with van der Waals surface area (Å²) in [6.45, 7) is 1.81. The van der Waals surface area contributed by atoms with E-state index in [0.717, 1.165) is 31.0 Å². The molecule has 0 spiro atoms. The van der Waals surface area contributed by atoms with Gasteiger partial charge in [-0.2, -0.15) is 5.26 Å². The zero-order valence-corrected chi connectivity index (χ0v) is 14.3. The predicted molar refractivity (Wildman–Crippen MR) is 87.7 cm³/mol. The number of hydrogen-bond donors (Lipinski definition) is 2. The van der Waals surface area contributed by atoms with E-state index >= 15 is 0 Å². The molecule has 1 amide bonds. The molecule has 1 aromatic heterocycles. The maximum absolute atomic E-state index is 12.1. The summed E-state index contributed by atoms with van der Waals surface area (Å²) < 4.78 is 0. The van der Waals surface area contributed by atoms with Gasteiger partial charge in [0.15, 0.2) is 0 Å². The van der Waals surface area contributed by atoms with Gasteiger partial charge >= 0.3 is 0 Å². The molecule has 2 fully saturated rings. The Kier molecular flexibility index (Phi) is 4.90. The number of nitrogens with zero attached hydrogens (tertiary/aromatic N) is 3. The van der Waals surface area contributed by atoms with E-state index in [1.165, 1.54) is 37.4 Å². The second-order valence-corrected chi connectivity index (χ2v) is 7.79. The minimum atomic E-state index is -0.732. The van der Waals surface area contributed by atoms with Gasteiger partial charge in [0.25, 0.3) is 0 Å². The first kappa shape index (κ1) is 16.3. The van der Waals surface area contributed by atoms with E-state index in [9.17, 15) is 10.1 Å². The highest BCUT2D eigenvalue weighted by atomic mass is 32.2. The van der Waals surface area contributed by atoms with E-state index < -0.39 is 5.54 Å². The number of nitrogens with one attached hydrogen (secondary N) is 2. The molecule has 0 radical (unpaired) electrons. The number of hydrogen-bond acceptors (Lipinski definition) is 5. The molecule has 0 saturated heterocycles. The van der Waals surface area contributed by atoms with Gasteiger partial charge < -0.3 is 5.32 Å². The summed E-state index contributed by atoms with van der Waals surface area (Å²) in [4.78, 5) is 16.5. The first-order valence-electron chi connectivity index (χ1n) is 8.35. The van der Waals surface area contributed by atoms with Gasteiger partial charge in [-0.1, -0.05) is 37.4 Å². The van der Waals surface area contributed by atoms with Crippen molar-refractivity contribution >= 4 is 17.7 Å². The molecule has 0 bridgehead atoms. The summed E-state index contributed by atoms with van der Waals surface area (Å²) in [5.74, 6) is 2.04. The van der Waals surface area contributed by atoms with Crippen molar-refractivity contribution in [1.29, 1.82) is 5.26 Å². The maximum Gasteiger partial charge on any atom is 0.231 e. The Labute approximate surface area is 140 Å². The van der Waals surface area contributed by atoms with E-state index in [1.54, 1.807) is 6.92 Å². The zero-order chi connectivity index (χ0) is 16.3. The van der Waals surface area contributed by atoms with Gasteiger partial charge in [-0.15, -0.1) is 5.10 Å². The molecule has 23 heavy (non-hydrogen) atoms. The molecule has 1 aromatic rings. The number of aromatic nitrogens is 3. The molecule has 6 nitrogen and oxygen atoms in total. The van der Waals surface area contributed by atoms with Crippen LogP contribution in [-0.2, 0) is 11.2 Å². The van der Waals surface area contributed by atoms with Gasteiger partial charge in [0.05, 0.1) is 11.8 Å². The third-order valence-electron chi connectivity index (χ3n) is 4.83. The lowest BCUT2D eigenvalue weighted by Crippen LogP contribution is -2.47. The first-order chi connectivity index (χ1) is 11.1. The lowest BCUT2D eigenvalue weighted by molar-refractivity contribution is -0.119. The van der Waals surface area contributed by atoms with Crippen LogP contribution in [0.25, 0.3) is 0 Å². The molecule has 124 valence electrons.